The van der Waals surface area contributed by atoms with Gasteiger partial charge in [-0.05, 0) is 37.9 Å². The molecule has 1 unspecified atom stereocenters. The Kier molecular flexibility index (Phi) is 4.50. The highest BCUT2D eigenvalue weighted by Crippen LogP contribution is 2.20. The summed E-state index contributed by atoms with van der Waals surface area (Å²) >= 11 is 0. The van der Waals surface area contributed by atoms with Gasteiger partial charge in [0, 0.05) is 19.5 Å². The summed E-state index contributed by atoms with van der Waals surface area (Å²) in [6, 6.07) is 10.4. The van der Waals surface area contributed by atoms with Gasteiger partial charge in [-0.15, -0.1) is 5.10 Å². The Morgan fingerprint density at radius 2 is 2.19 bits per heavy atom. The van der Waals surface area contributed by atoms with Crippen LogP contribution in [0.25, 0.3) is 0 Å². The number of hydrogen-bond acceptors (Lipinski definition) is 4. The molecule has 0 bridgehead atoms. The standard InChI is InChI=1S/C16H23N5/c1-17-11-14-8-5-9-21(12-14)16-18-15(19-20-16)10-13-6-3-2-4-7-13/h2-4,6-7,14,17H,5,8-12H2,1H3,(H,18,19,20). The second-order valence-corrected chi connectivity index (χ2v) is 5.76. The molecule has 3 rings (SSSR count). The van der Waals surface area contributed by atoms with Crippen LogP contribution < -0.4 is 10.2 Å². The number of aromatic nitrogens is 3. The summed E-state index contributed by atoms with van der Waals surface area (Å²) in [4.78, 5) is 6.96. The molecule has 0 amide bonds. The molecule has 1 aromatic heterocycles. The van der Waals surface area contributed by atoms with Crippen LogP contribution in [0.4, 0.5) is 5.95 Å². The second-order valence-electron chi connectivity index (χ2n) is 5.76. The zero-order valence-electron chi connectivity index (χ0n) is 12.5. The van der Waals surface area contributed by atoms with E-state index < -0.39 is 0 Å². The first-order chi connectivity index (χ1) is 10.3. The minimum atomic E-state index is 0.694. The van der Waals surface area contributed by atoms with Crippen molar-refractivity contribution in [2.75, 3.05) is 31.6 Å². The smallest absolute Gasteiger partial charge is 0.244 e. The first-order valence-electron chi connectivity index (χ1n) is 7.70. The van der Waals surface area contributed by atoms with Crippen LogP contribution in [0.1, 0.15) is 24.2 Å². The Bertz CT molecular complexity index is 549. The lowest BCUT2D eigenvalue weighted by Crippen LogP contribution is -2.39. The molecule has 5 heteroatoms. The zero-order valence-corrected chi connectivity index (χ0v) is 12.5. The number of nitrogens with zero attached hydrogens (tertiary/aromatic N) is 3. The lowest BCUT2D eigenvalue weighted by Gasteiger charge is -2.31. The molecule has 112 valence electrons. The normalized spacial score (nSPS) is 18.9. The SMILES string of the molecule is CNCC1CCCN(c2n[nH]c(Cc3ccccc3)n2)C1. The van der Waals surface area contributed by atoms with E-state index in [1.54, 1.807) is 0 Å². The summed E-state index contributed by atoms with van der Waals surface area (Å²) in [5.41, 5.74) is 1.26. The minimum Gasteiger partial charge on any atom is -0.339 e. The van der Waals surface area contributed by atoms with Gasteiger partial charge in [0.1, 0.15) is 5.82 Å². The largest absolute Gasteiger partial charge is 0.339 e. The first kappa shape index (κ1) is 14.1. The molecule has 1 fully saturated rings. The van der Waals surface area contributed by atoms with E-state index in [1.807, 2.05) is 13.1 Å². The Morgan fingerprint density at radius 3 is 3.00 bits per heavy atom. The van der Waals surface area contributed by atoms with E-state index in [0.717, 1.165) is 37.8 Å². The molecule has 2 N–H and O–H groups in total. The molecule has 21 heavy (non-hydrogen) atoms. The first-order valence-corrected chi connectivity index (χ1v) is 7.70. The number of H-pyrrole nitrogens is 1. The number of nitrogens with one attached hydrogen (secondary N) is 2. The molecule has 0 spiro atoms. The van der Waals surface area contributed by atoms with E-state index in [4.69, 9.17) is 0 Å². The number of aromatic amines is 1. The summed E-state index contributed by atoms with van der Waals surface area (Å²) < 4.78 is 0. The lowest BCUT2D eigenvalue weighted by atomic mass is 9.98. The van der Waals surface area contributed by atoms with E-state index in [0.29, 0.717) is 5.92 Å². The van der Waals surface area contributed by atoms with E-state index >= 15 is 0 Å². The Hall–Kier alpha value is -1.88. The molecular weight excluding hydrogens is 262 g/mol. The summed E-state index contributed by atoms with van der Waals surface area (Å²) in [7, 11) is 2.02. The Morgan fingerprint density at radius 1 is 1.33 bits per heavy atom. The van der Waals surface area contributed by atoms with E-state index in [-0.39, 0.29) is 0 Å². The van der Waals surface area contributed by atoms with Crippen molar-refractivity contribution in [2.45, 2.75) is 19.3 Å². The summed E-state index contributed by atoms with van der Waals surface area (Å²) in [5, 5.41) is 10.8. The maximum atomic E-state index is 4.66. The highest BCUT2D eigenvalue weighted by atomic mass is 15.4. The third-order valence-corrected chi connectivity index (χ3v) is 4.03. The fourth-order valence-electron chi connectivity index (χ4n) is 3.00. The monoisotopic (exact) mass is 285 g/mol. The molecule has 1 aliphatic heterocycles. The van der Waals surface area contributed by atoms with Gasteiger partial charge >= 0.3 is 0 Å². The maximum Gasteiger partial charge on any atom is 0.244 e. The molecule has 1 aromatic carbocycles. The lowest BCUT2D eigenvalue weighted by molar-refractivity contribution is 0.399. The van der Waals surface area contributed by atoms with Gasteiger partial charge in [0.25, 0.3) is 0 Å². The Labute approximate surface area is 125 Å². The third-order valence-electron chi connectivity index (χ3n) is 4.03. The quantitative estimate of drug-likeness (QED) is 0.880. The third kappa shape index (κ3) is 3.61. The van der Waals surface area contributed by atoms with Gasteiger partial charge in [0.05, 0.1) is 0 Å². The molecule has 0 radical (unpaired) electrons. The molecule has 1 atom stereocenters. The average Bonchev–Trinajstić information content (AvgIpc) is 2.97. The molecule has 2 heterocycles. The van der Waals surface area contributed by atoms with Crippen LogP contribution in [0.3, 0.4) is 0 Å². The maximum absolute atomic E-state index is 4.66. The van der Waals surface area contributed by atoms with E-state index in [1.165, 1.54) is 18.4 Å². The predicted octanol–water partition coefficient (Wildman–Crippen LogP) is 1.83. The summed E-state index contributed by atoms with van der Waals surface area (Å²) in [6.45, 7) is 3.17. The van der Waals surface area contributed by atoms with Crippen molar-refractivity contribution in [3.05, 3.63) is 41.7 Å². The number of rotatable bonds is 5. The molecule has 1 saturated heterocycles. The van der Waals surface area contributed by atoms with Crippen molar-refractivity contribution < 1.29 is 0 Å². The predicted molar refractivity (Wildman–Crippen MR) is 84.5 cm³/mol. The fraction of sp³-hybridized carbons (Fsp3) is 0.500. The molecular formula is C16H23N5. The van der Waals surface area contributed by atoms with Crippen LogP contribution in [0.2, 0.25) is 0 Å². The van der Waals surface area contributed by atoms with Gasteiger partial charge in [-0.1, -0.05) is 30.3 Å². The molecule has 0 saturated carbocycles. The van der Waals surface area contributed by atoms with E-state index in [9.17, 15) is 0 Å². The van der Waals surface area contributed by atoms with Gasteiger partial charge < -0.3 is 10.2 Å². The molecule has 5 nitrogen and oxygen atoms in total. The highest BCUT2D eigenvalue weighted by Gasteiger charge is 2.22. The van der Waals surface area contributed by atoms with Crippen molar-refractivity contribution in [1.82, 2.24) is 20.5 Å². The van der Waals surface area contributed by atoms with Gasteiger partial charge in [0.15, 0.2) is 0 Å². The summed E-state index contributed by atoms with van der Waals surface area (Å²) in [6.07, 6.45) is 3.31. The van der Waals surface area contributed by atoms with Crippen molar-refractivity contribution in [3.63, 3.8) is 0 Å². The van der Waals surface area contributed by atoms with Crippen molar-refractivity contribution >= 4 is 5.95 Å². The van der Waals surface area contributed by atoms with Gasteiger partial charge in [-0.2, -0.15) is 4.98 Å². The molecule has 2 aromatic rings. The Balaban J connectivity index is 1.64. The average molecular weight is 285 g/mol. The van der Waals surface area contributed by atoms with Crippen LogP contribution in [0, 0.1) is 5.92 Å². The number of anilines is 1. The number of piperidine rings is 1. The molecule has 0 aliphatic carbocycles. The van der Waals surface area contributed by atoms with Crippen LogP contribution >= 0.6 is 0 Å². The second kappa shape index (κ2) is 6.72. The van der Waals surface area contributed by atoms with Gasteiger partial charge in [-0.25, -0.2) is 0 Å². The fourth-order valence-corrected chi connectivity index (χ4v) is 3.00. The van der Waals surface area contributed by atoms with Gasteiger partial charge in [-0.3, -0.25) is 5.10 Å². The minimum absolute atomic E-state index is 0.694. The van der Waals surface area contributed by atoms with Crippen LogP contribution in [-0.4, -0.2) is 41.9 Å². The van der Waals surface area contributed by atoms with Crippen molar-refractivity contribution in [1.29, 1.82) is 0 Å². The summed E-state index contributed by atoms with van der Waals surface area (Å²) in [5.74, 6) is 2.48. The highest BCUT2D eigenvalue weighted by molar-refractivity contribution is 5.30. The van der Waals surface area contributed by atoms with Crippen LogP contribution in [-0.2, 0) is 6.42 Å². The van der Waals surface area contributed by atoms with Crippen LogP contribution in [0.5, 0.6) is 0 Å². The number of hydrogen-bond donors (Lipinski definition) is 2. The van der Waals surface area contributed by atoms with Gasteiger partial charge in [0.2, 0.25) is 5.95 Å². The molecule has 1 aliphatic rings. The number of benzene rings is 1. The zero-order chi connectivity index (χ0) is 14.5. The van der Waals surface area contributed by atoms with E-state index in [2.05, 4.69) is 49.7 Å². The topological polar surface area (TPSA) is 56.8 Å². The van der Waals surface area contributed by atoms with Crippen molar-refractivity contribution in [2.24, 2.45) is 5.92 Å². The van der Waals surface area contributed by atoms with Crippen molar-refractivity contribution in [3.8, 4) is 0 Å². The van der Waals surface area contributed by atoms with Crippen LogP contribution in [0.15, 0.2) is 30.3 Å².